The number of aromatic nitrogens is 3. The monoisotopic (exact) mass is 476 g/mol. The Kier molecular flexibility index (Phi) is 6.85. The van der Waals surface area contributed by atoms with Gasteiger partial charge in [0.15, 0.2) is 5.78 Å². The van der Waals surface area contributed by atoms with Crippen LogP contribution in [0, 0.1) is 33.6 Å². The number of carbonyl (C=O) groups is 1. The number of hydrogen-bond acceptors (Lipinski definition) is 5. The van der Waals surface area contributed by atoms with Gasteiger partial charge >= 0.3 is 0 Å². The van der Waals surface area contributed by atoms with E-state index in [-0.39, 0.29) is 23.3 Å². The molecule has 2 fully saturated rings. The number of ketones is 1. The third-order valence-corrected chi connectivity index (χ3v) is 9.38. The van der Waals surface area contributed by atoms with Gasteiger partial charge in [-0.05, 0) is 65.4 Å². The molecule has 2 aromatic rings. The van der Waals surface area contributed by atoms with Crippen LogP contribution in [-0.2, 0) is 27.8 Å². The van der Waals surface area contributed by atoms with Crippen molar-refractivity contribution < 1.29 is 17.9 Å². The van der Waals surface area contributed by atoms with Crippen LogP contribution < -0.4 is 0 Å². The molecular formula is C24H36N4O4S. The first kappa shape index (κ1) is 24.2. The second-order valence-corrected chi connectivity index (χ2v) is 11.6. The molecule has 9 heteroatoms. The van der Waals surface area contributed by atoms with E-state index in [0.29, 0.717) is 36.0 Å². The van der Waals surface area contributed by atoms with Crippen molar-refractivity contribution in [1.29, 1.82) is 0 Å². The highest BCUT2D eigenvalue weighted by molar-refractivity contribution is 7.89. The molecule has 0 bridgehead atoms. The molecule has 2 saturated heterocycles. The van der Waals surface area contributed by atoms with E-state index in [1.54, 1.807) is 22.8 Å². The van der Waals surface area contributed by atoms with E-state index in [1.807, 2.05) is 19.9 Å². The Morgan fingerprint density at radius 1 is 1.12 bits per heavy atom. The summed E-state index contributed by atoms with van der Waals surface area (Å²) in [6.07, 6.45) is 4.05. The number of sulfonamides is 1. The van der Waals surface area contributed by atoms with Gasteiger partial charge in [-0.2, -0.15) is 9.40 Å². The fraction of sp³-hybridized carbons (Fsp3) is 0.667. The first-order valence-corrected chi connectivity index (χ1v) is 13.4. The maximum atomic E-state index is 13.3. The van der Waals surface area contributed by atoms with E-state index in [4.69, 9.17) is 4.74 Å². The van der Waals surface area contributed by atoms with Crippen molar-refractivity contribution in [3.8, 4) is 0 Å². The average Bonchev–Trinajstić information content (AvgIpc) is 3.44. The smallest absolute Gasteiger partial charge is 0.246 e. The number of carbonyl (C=O) groups excluding carboxylic acids is 1. The van der Waals surface area contributed by atoms with Gasteiger partial charge < -0.3 is 9.30 Å². The van der Waals surface area contributed by atoms with Gasteiger partial charge in [0.25, 0.3) is 0 Å². The van der Waals surface area contributed by atoms with Gasteiger partial charge in [-0.15, -0.1) is 0 Å². The van der Waals surface area contributed by atoms with Crippen molar-refractivity contribution in [3.63, 3.8) is 0 Å². The summed E-state index contributed by atoms with van der Waals surface area (Å²) in [5.74, 6) is 0.473. The Bertz CT molecular complexity index is 1130. The van der Waals surface area contributed by atoms with E-state index >= 15 is 0 Å². The van der Waals surface area contributed by atoms with Crippen LogP contribution in [0.1, 0.15) is 65.7 Å². The molecule has 0 amide bonds. The standard InChI is InChI=1S/C24H36N4O4S/c1-16-8-10-26(11-9-16)33(30,31)24-18(3)25-28(20(24)5)15-23(29)22-13-17(2)27(19(22)4)14-21-7-6-12-32-21/h13,16,21H,6-12,14-15H2,1-5H3/t21-/m0/s1. The molecule has 4 rings (SSSR count). The van der Waals surface area contributed by atoms with Crippen LogP contribution >= 0.6 is 0 Å². The van der Waals surface area contributed by atoms with Gasteiger partial charge in [0, 0.05) is 43.2 Å². The topological polar surface area (TPSA) is 86.4 Å². The Morgan fingerprint density at radius 3 is 2.45 bits per heavy atom. The highest BCUT2D eigenvalue weighted by atomic mass is 32.2. The van der Waals surface area contributed by atoms with E-state index in [2.05, 4.69) is 16.6 Å². The number of hydrogen-bond donors (Lipinski definition) is 0. The van der Waals surface area contributed by atoms with Gasteiger partial charge in [-0.1, -0.05) is 6.92 Å². The molecule has 2 aromatic heterocycles. The largest absolute Gasteiger partial charge is 0.376 e. The fourth-order valence-electron chi connectivity index (χ4n) is 5.14. The fourth-order valence-corrected chi connectivity index (χ4v) is 6.98. The molecular weight excluding hydrogens is 440 g/mol. The summed E-state index contributed by atoms with van der Waals surface area (Å²) in [6.45, 7) is 12.2. The van der Waals surface area contributed by atoms with Gasteiger partial charge in [0.05, 0.1) is 17.5 Å². The Morgan fingerprint density at radius 2 is 1.82 bits per heavy atom. The summed E-state index contributed by atoms with van der Waals surface area (Å²) < 4.78 is 37.7. The second kappa shape index (κ2) is 9.35. The second-order valence-electron chi connectivity index (χ2n) is 9.70. The number of piperidine rings is 1. The van der Waals surface area contributed by atoms with Crippen molar-refractivity contribution in [1.82, 2.24) is 18.7 Å². The van der Waals surface area contributed by atoms with Crippen molar-refractivity contribution >= 4 is 15.8 Å². The van der Waals surface area contributed by atoms with Crippen LogP contribution in [0.4, 0.5) is 0 Å². The zero-order valence-corrected chi connectivity index (χ0v) is 21.2. The van der Waals surface area contributed by atoms with Crippen LogP contribution in [0.15, 0.2) is 11.0 Å². The number of aryl methyl sites for hydroxylation is 2. The first-order chi connectivity index (χ1) is 15.6. The molecule has 33 heavy (non-hydrogen) atoms. The zero-order chi connectivity index (χ0) is 23.9. The molecule has 0 aliphatic carbocycles. The molecule has 1 atom stereocenters. The molecule has 2 aliphatic heterocycles. The Hall–Kier alpha value is -1.97. The van der Waals surface area contributed by atoms with E-state index in [0.717, 1.165) is 50.2 Å². The number of rotatable bonds is 7. The summed E-state index contributed by atoms with van der Waals surface area (Å²) >= 11 is 0. The first-order valence-electron chi connectivity index (χ1n) is 11.9. The number of Topliss-reactive ketones (excluding diaryl/α,β-unsaturated/α-hetero) is 1. The summed E-state index contributed by atoms with van der Waals surface area (Å²) in [5, 5.41) is 4.46. The van der Waals surface area contributed by atoms with E-state index < -0.39 is 10.0 Å². The maximum absolute atomic E-state index is 13.3. The van der Waals surface area contributed by atoms with Crippen molar-refractivity contribution in [3.05, 3.63) is 34.4 Å². The molecule has 0 radical (unpaired) electrons. The van der Waals surface area contributed by atoms with Gasteiger partial charge in [0.2, 0.25) is 10.0 Å². The molecule has 2 aliphatic rings. The van der Waals surface area contributed by atoms with Crippen LogP contribution in [0.2, 0.25) is 0 Å². The van der Waals surface area contributed by atoms with Crippen LogP contribution in [0.3, 0.4) is 0 Å². The lowest BCUT2D eigenvalue weighted by Crippen LogP contribution is -2.38. The Balaban J connectivity index is 1.55. The minimum Gasteiger partial charge on any atom is -0.376 e. The molecule has 182 valence electrons. The SMILES string of the molecule is Cc1nn(CC(=O)c2cc(C)n(C[C@@H]3CCCO3)c2C)c(C)c1S(=O)(=O)N1CCC(C)CC1. The predicted octanol–water partition coefficient (Wildman–Crippen LogP) is 3.40. The third-order valence-electron chi connectivity index (χ3n) is 7.23. The van der Waals surface area contributed by atoms with E-state index in [9.17, 15) is 13.2 Å². The molecule has 0 spiro atoms. The summed E-state index contributed by atoms with van der Waals surface area (Å²) in [4.78, 5) is 13.5. The summed E-state index contributed by atoms with van der Waals surface area (Å²) in [7, 11) is -3.63. The van der Waals surface area contributed by atoms with Gasteiger partial charge in [0.1, 0.15) is 11.4 Å². The van der Waals surface area contributed by atoms with Crippen LogP contribution in [-0.4, -0.2) is 58.7 Å². The molecule has 0 N–H and O–H groups in total. The molecule has 0 saturated carbocycles. The minimum atomic E-state index is -3.63. The zero-order valence-electron chi connectivity index (χ0n) is 20.4. The quantitative estimate of drug-likeness (QED) is 0.572. The molecule has 8 nitrogen and oxygen atoms in total. The highest BCUT2D eigenvalue weighted by Crippen LogP contribution is 2.28. The van der Waals surface area contributed by atoms with Gasteiger partial charge in [-0.25, -0.2) is 8.42 Å². The van der Waals surface area contributed by atoms with Gasteiger partial charge in [-0.3, -0.25) is 9.48 Å². The third kappa shape index (κ3) is 4.68. The summed E-state index contributed by atoms with van der Waals surface area (Å²) in [5.41, 5.74) is 3.58. The highest BCUT2D eigenvalue weighted by Gasteiger charge is 2.33. The van der Waals surface area contributed by atoms with Crippen molar-refractivity contribution in [2.45, 2.75) is 84.4 Å². The van der Waals surface area contributed by atoms with E-state index in [1.165, 1.54) is 0 Å². The summed E-state index contributed by atoms with van der Waals surface area (Å²) in [6, 6.07) is 1.92. The van der Waals surface area contributed by atoms with Crippen LogP contribution in [0.25, 0.3) is 0 Å². The average molecular weight is 477 g/mol. The van der Waals surface area contributed by atoms with Crippen LogP contribution in [0.5, 0.6) is 0 Å². The normalized spacial score (nSPS) is 20.6. The lowest BCUT2D eigenvalue weighted by Gasteiger charge is -2.29. The number of nitrogens with zero attached hydrogens (tertiary/aromatic N) is 4. The minimum absolute atomic E-state index is 0.0173. The maximum Gasteiger partial charge on any atom is 0.246 e. The lowest BCUT2D eigenvalue weighted by atomic mass is 10.0. The molecule has 4 heterocycles. The molecule has 0 aromatic carbocycles. The lowest BCUT2D eigenvalue weighted by molar-refractivity contribution is 0.0946. The van der Waals surface area contributed by atoms with Crippen molar-refractivity contribution in [2.75, 3.05) is 19.7 Å². The molecule has 0 unspecified atom stereocenters. The number of ether oxygens (including phenoxy) is 1. The van der Waals surface area contributed by atoms with Crippen molar-refractivity contribution in [2.24, 2.45) is 5.92 Å². The Labute approximate surface area is 197 Å². The predicted molar refractivity (Wildman–Crippen MR) is 126 cm³/mol.